The Labute approximate surface area is 72.9 Å². The van der Waals surface area contributed by atoms with Gasteiger partial charge in [-0.3, -0.25) is 4.99 Å². The zero-order valence-electron chi connectivity index (χ0n) is 7.10. The van der Waals surface area contributed by atoms with Crippen LogP contribution in [0.3, 0.4) is 0 Å². The summed E-state index contributed by atoms with van der Waals surface area (Å²) in [7, 11) is 0. The van der Waals surface area contributed by atoms with Gasteiger partial charge in [-0.25, -0.2) is 0 Å². The number of rotatable bonds is 5. The molecule has 1 heterocycles. The smallest absolute Gasteiger partial charge is 0.106 e. The molecule has 0 aliphatic carbocycles. The number of nitrogens with one attached hydrogen (secondary N) is 1. The lowest BCUT2D eigenvalue weighted by Crippen LogP contribution is -2.20. The summed E-state index contributed by atoms with van der Waals surface area (Å²) in [6.07, 6.45) is 2.63. The molecule has 0 radical (unpaired) electrons. The van der Waals surface area contributed by atoms with Gasteiger partial charge in [-0.2, -0.15) is 11.8 Å². The molecule has 0 bridgehead atoms. The van der Waals surface area contributed by atoms with Crippen molar-refractivity contribution in [2.24, 2.45) is 4.99 Å². The van der Waals surface area contributed by atoms with Crippen LogP contribution in [-0.4, -0.2) is 30.4 Å². The number of amidine groups is 1. The summed E-state index contributed by atoms with van der Waals surface area (Å²) in [5.74, 6) is 3.56. The summed E-state index contributed by atoms with van der Waals surface area (Å²) in [5, 5.41) is 3.26. The Morgan fingerprint density at radius 2 is 2.55 bits per heavy atom. The van der Waals surface area contributed by atoms with Gasteiger partial charge in [-0.1, -0.05) is 13.3 Å². The van der Waals surface area contributed by atoms with Gasteiger partial charge in [0.1, 0.15) is 5.84 Å². The molecule has 0 aromatic heterocycles. The number of thioether (sulfide) groups is 1. The van der Waals surface area contributed by atoms with Crippen molar-refractivity contribution in [3.05, 3.63) is 0 Å². The zero-order valence-corrected chi connectivity index (χ0v) is 7.91. The molecule has 0 spiro atoms. The molecule has 1 aliphatic rings. The van der Waals surface area contributed by atoms with Crippen LogP contribution in [0, 0.1) is 0 Å². The molecular weight excluding hydrogens is 156 g/mol. The molecule has 0 saturated heterocycles. The van der Waals surface area contributed by atoms with Crippen molar-refractivity contribution in [1.82, 2.24) is 5.32 Å². The quantitative estimate of drug-likeness (QED) is 0.636. The lowest BCUT2D eigenvalue weighted by Gasteiger charge is -2.00. The molecule has 1 rings (SSSR count). The van der Waals surface area contributed by atoms with E-state index in [0.29, 0.717) is 0 Å². The highest BCUT2D eigenvalue weighted by molar-refractivity contribution is 7.99. The molecule has 0 unspecified atom stereocenters. The summed E-state index contributed by atoms with van der Waals surface area (Å²) in [5.41, 5.74) is 0. The third-order valence-corrected chi connectivity index (χ3v) is 2.68. The molecule has 0 amide bonds. The maximum absolute atomic E-state index is 4.32. The van der Waals surface area contributed by atoms with Crippen molar-refractivity contribution in [2.75, 3.05) is 24.6 Å². The predicted molar refractivity (Wildman–Crippen MR) is 52.5 cm³/mol. The predicted octanol–water partition coefficient (Wildman–Crippen LogP) is 1.52. The van der Waals surface area contributed by atoms with Crippen LogP contribution in [0.5, 0.6) is 0 Å². The average molecular weight is 172 g/mol. The van der Waals surface area contributed by atoms with Crippen LogP contribution in [0.15, 0.2) is 4.99 Å². The molecular formula is C8H16N2S. The van der Waals surface area contributed by atoms with E-state index in [4.69, 9.17) is 0 Å². The molecule has 3 heteroatoms. The summed E-state index contributed by atoms with van der Waals surface area (Å²) >= 11 is 1.98. The first-order valence-electron chi connectivity index (χ1n) is 4.28. The van der Waals surface area contributed by atoms with Crippen LogP contribution in [0.4, 0.5) is 0 Å². The molecule has 1 N–H and O–H groups in total. The highest BCUT2D eigenvalue weighted by Gasteiger charge is 2.03. The summed E-state index contributed by atoms with van der Waals surface area (Å²) in [4.78, 5) is 4.32. The second-order valence-electron chi connectivity index (χ2n) is 2.66. The van der Waals surface area contributed by atoms with E-state index in [9.17, 15) is 0 Å². The van der Waals surface area contributed by atoms with Gasteiger partial charge in [0.05, 0.1) is 12.3 Å². The first-order chi connectivity index (χ1) is 5.43. The Kier molecular flexibility index (Phi) is 4.43. The van der Waals surface area contributed by atoms with Crippen LogP contribution in [0.1, 0.15) is 19.8 Å². The SMILES string of the molecule is CCCCSCC1=NCCN1. The van der Waals surface area contributed by atoms with Crippen LogP contribution < -0.4 is 5.32 Å². The van der Waals surface area contributed by atoms with E-state index in [-0.39, 0.29) is 0 Å². The van der Waals surface area contributed by atoms with Crippen molar-refractivity contribution < 1.29 is 0 Å². The highest BCUT2D eigenvalue weighted by Crippen LogP contribution is 2.05. The molecule has 0 fully saturated rings. The fourth-order valence-corrected chi connectivity index (χ4v) is 1.98. The van der Waals surface area contributed by atoms with Crippen LogP contribution in [-0.2, 0) is 0 Å². The molecule has 0 saturated carbocycles. The third kappa shape index (κ3) is 3.65. The summed E-state index contributed by atoms with van der Waals surface area (Å²) < 4.78 is 0. The Morgan fingerprint density at radius 1 is 1.64 bits per heavy atom. The van der Waals surface area contributed by atoms with Gasteiger partial charge in [-0.15, -0.1) is 0 Å². The Bertz CT molecular complexity index is 134. The average Bonchev–Trinajstić information content (AvgIpc) is 2.50. The Balaban J connectivity index is 1.94. The van der Waals surface area contributed by atoms with Gasteiger partial charge in [0.25, 0.3) is 0 Å². The van der Waals surface area contributed by atoms with Gasteiger partial charge in [-0.05, 0) is 12.2 Å². The van der Waals surface area contributed by atoms with Crippen LogP contribution in [0.25, 0.3) is 0 Å². The molecule has 0 aromatic carbocycles. The molecule has 1 aliphatic heterocycles. The number of hydrogen-bond acceptors (Lipinski definition) is 3. The minimum Gasteiger partial charge on any atom is -0.371 e. The molecule has 0 atom stereocenters. The Hall–Kier alpha value is -0.180. The van der Waals surface area contributed by atoms with Crippen molar-refractivity contribution in [3.63, 3.8) is 0 Å². The van der Waals surface area contributed by atoms with Crippen LogP contribution in [0.2, 0.25) is 0 Å². The van der Waals surface area contributed by atoms with E-state index in [1.54, 1.807) is 0 Å². The van der Waals surface area contributed by atoms with Gasteiger partial charge < -0.3 is 5.32 Å². The first kappa shape index (κ1) is 8.91. The Morgan fingerprint density at radius 3 is 3.18 bits per heavy atom. The minimum atomic E-state index is 0.976. The topological polar surface area (TPSA) is 24.4 Å². The zero-order chi connectivity index (χ0) is 7.94. The monoisotopic (exact) mass is 172 g/mol. The standard InChI is InChI=1S/C8H16N2S/c1-2-3-6-11-7-8-9-4-5-10-8/h2-7H2,1H3,(H,9,10). The lowest BCUT2D eigenvalue weighted by molar-refractivity contribution is 0.897. The normalized spacial score (nSPS) is 16.3. The third-order valence-electron chi connectivity index (χ3n) is 1.62. The van der Waals surface area contributed by atoms with Gasteiger partial charge in [0, 0.05) is 6.54 Å². The van der Waals surface area contributed by atoms with E-state index in [2.05, 4.69) is 17.2 Å². The number of nitrogens with zero attached hydrogens (tertiary/aromatic N) is 1. The molecule has 2 nitrogen and oxygen atoms in total. The van der Waals surface area contributed by atoms with Crippen molar-refractivity contribution in [2.45, 2.75) is 19.8 Å². The number of unbranched alkanes of at least 4 members (excludes halogenated alkanes) is 1. The first-order valence-corrected chi connectivity index (χ1v) is 5.44. The van der Waals surface area contributed by atoms with Gasteiger partial charge >= 0.3 is 0 Å². The summed E-state index contributed by atoms with van der Waals surface area (Å²) in [6.45, 7) is 4.25. The maximum atomic E-state index is 4.32. The van der Waals surface area contributed by atoms with Gasteiger partial charge in [0.2, 0.25) is 0 Å². The fraction of sp³-hybridized carbons (Fsp3) is 0.875. The second-order valence-corrected chi connectivity index (χ2v) is 3.77. The molecule has 0 aromatic rings. The van der Waals surface area contributed by atoms with E-state index in [0.717, 1.165) is 18.8 Å². The fourth-order valence-electron chi connectivity index (χ4n) is 0.959. The lowest BCUT2D eigenvalue weighted by atomic mass is 10.4. The van der Waals surface area contributed by atoms with Crippen molar-refractivity contribution >= 4 is 17.6 Å². The maximum Gasteiger partial charge on any atom is 0.106 e. The molecule has 64 valence electrons. The van der Waals surface area contributed by atoms with Crippen molar-refractivity contribution in [1.29, 1.82) is 0 Å². The van der Waals surface area contributed by atoms with E-state index < -0.39 is 0 Å². The second kappa shape index (κ2) is 5.47. The van der Waals surface area contributed by atoms with E-state index in [1.807, 2.05) is 11.8 Å². The van der Waals surface area contributed by atoms with E-state index in [1.165, 1.54) is 24.4 Å². The minimum absolute atomic E-state index is 0.976. The van der Waals surface area contributed by atoms with Crippen LogP contribution >= 0.6 is 11.8 Å². The molecule has 11 heavy (non-hydrogen) atoms. The summed E-state index contributed by atoms with van der Waals surface area (Å²) in [6, 6.07) is 0. The van der Waals surface area contributed by atoms with Crippen molar-refractivity contribution in [3.8, 4) is 0 Å². The van der Waals surface area contributed by atoms with E-state index >= 15 is 0 Å². The highest BCUT2D eigenvalue weighted by atomic mass is 32.2. The number of hydrogen-bond donors (Lipinski definition) is 1. The largest absolute Gasteiger partial charge is 0.371 e. The van der Waals surface area contributed by atoms with Gasteiger partial charge in [0.15, 0.2) is 0 Å². The number of aliphatic imine (C=N–C) groups is 1.